The van der Waals surface area contributed by atoms with Crippen LogP contribution in [0.4, 0.5) is 5.69 Å². The average Bonchev–Trinajstić information content (AvgIpc) is 2.93. The molecular formula is C19H18N4O2. The maximum atomic E-state index is 12.6. The molecule has 3 rings (SSSR count). The summed E-state index contributed by atoms with van der Waals surface area (Å²) in [6.07, 6.45) is 2.17. The monoisotopic (exact) mass is 334 g/mol. The molecule has 0 fully saturated rings. The minimum atomic E-state index is -0.373. The zero-order valence-electron chi connectivity index (χ0n) is 14.0. The van der Waals surface area contributed by atoms with Crippen molar-refractivity contribution in [1.82, 2.24) is 10.4 Å². The Morgan fingerprint density at radius 2 is 1.72 bits per heavy atom. The summed E-state index contributed by atoms with van der Waals surface area (Å²) in [5, 5.41) is 1.16. The number of carbonyl (C=O) groups excluding carboxylic acids is 2. The van der Waals surface area contributed by atoms with Gasteiger partial charge in [0.15, 0.2) is 5.84 Å². The lowest BCUT2D eigenvalue weighted by molar-refractivity contribution is -0.128. The van der Waals surface area contributed by atoms with Crippen LogP contribution in [0.3, 0.4) is 0 Å². The topological polar surface area (TPSA) is 65.0 Å². The van der Waals surface area contributed by atoms with E-state index in [0.29, 0.717) is 12.2 Å². The van der Waals surface area contributed by atoms with E-state index in [1.165, 1.54) is 0 Å². The number of carbonyl (C=O) groups is 2. The van der Waals surface area contributed by atoms with Gasteiger partial charge in [0.05, 0.1) is 0 Å². The predicted octanol–water partition coefficient (Wildman–Crippen LogP) is 2.04. The minimum Gasteiger partial charge on any atom is -0.378 e. The molecule has 6 nitrogen and oxygen atoms in total. The van der Waals surface area contributed by atoms with Gasteiger partial charge in [-0.05, 0) is 23.8 Å². The normalized spacial score (nSPS) is 15.3. The number of hydrogen-bond donors (Lipinski definition) is 1. The van der Waals surface area contributed by atoms with Crippen LogP contribution in [0, 0.1) is 0 Å². The van der Waals surface area contributed by atoms with E-state index in [-0.39, 0.29) is 11.6 Å². The van der Waals surface area contributed by atoms with E-state index >= 15 is 0 Å². The Kier molecular flexibility index (Phi) is 4.61. The van der Waals surface area contributed by atoms with Crippen molar-refractivity contribution in [1.29, 1.82) is 0 Å². The van der Waals surface area contributed by atoms with Gasteiger partial charge in [-0.1, -0.05) is 42.5 Å². The summed E-state index contributed by atoms with van der Waals surface area (Å²) in [7, 11) is 3.93. The van der Waals surface area contributed by atoms with E-state index in [9.17, 15) is 9.59 Å². The summed E-state index contributed by atoms with van der Waals surface area (Å²) in [6, 6.07) is 17.0. The fraction of sp³-hybridized carbons (Fsp3) is 0.105. The Bertz CT molecular complexity index is 839. The second-order valence-electron chi connectivity index (χ2n) is 5.70. The van der Waals surface area contributed by atoms with Crippen molar-refractivity contribution in [3.8, 4) is 0 Å². The maximum absolute atomic E-state index is 12.6. The van der Waals surface area contributed by atoms with Gasteiger partial charge >= 0.3 is 0 Å². The van der Waals surface area contributed by atoms with E-state index in [1.807, 2.05) is 73.6 Å². The van der Waals surface area contributed by atoms with Gasteiger partial charge in [0, 0.05) is 25.3 Å². The first-order valence-electron chi connectivity index (χ1n) is 7.77. The number of rotatable bonds is 5. The molecule has 0 spiro atoms. The molecule has 1 aliphatic rings. The molecule has 25 heavy (non-hydrogen) atoms. The van der Waals surface area contributed by atoms with Crippen LogP contribution >= 0.6 is 0 Å². The van der Waals surface area contributed by atoms with Crippen molar-refractivity contribution in [3.63, 3.8) is 0 Å². The Labute approximate surface area is 146 Å². The fourth-order valence-electron chi connectivity index (χ4n) is 2.50. The summed E-state index contributed by atoms with van der Waals surface area (Å²) < 4.78 is 0. The Morgan fingerprint density at radius 1 is 1.04 bits per heavy atom. The highest BCUT2D eigenvalue weighted by molar-refractivity contribution is 6.19. The molecule has 0 saturated carbocycles. The van der Waals surface area contributed by atoms with Gasteiger partial charge in [0.1, 0.15) is 5.70 Å². The van der Waals surface area contributed by atoms with Gasteiger partial charge in [-0.15, -0.1) is 0 Å². The quantitative estimate of drug-likeness (QED) is 0.672. The van der Waals surface area contributed by atoms with E-state index < -0.39 is 0 Å². The van der Waals surface area contributed by atoms with E-state index in [0.717, 1.165) is 21.8 Å². The van der Waals surface area contributed by atoms with E-state index in [2.05, 4.69) is 10.4 Å². The highest BCUT2D eigenvalue weighted by Gasteiger charge is 2.31. The van der Waals surface area contributed by atoms with Crippen molar-refractivity contribution in [3.05, 3.63) is 71.4 Å². The molecule has 2 aromatic carbocycles. The molecule has 1 N–H and O–H groups in total. The van der Waals surface area contributed by atoms with Gasteiger partial charge < -0.3 is 4.90 Å². The van der Waals surface area contributed by atoms with Crippen LogP contribution in [0.2, 0.25) is 0 Å². The zero-order valence-corrected chi connectivity index (χ0v) is 14.0. The smallest absolute Gasteiger partial charge is 0.297 e. The van der Waals surface area contributed by atoms with Crippen LogP contribution in [0.25, 0.3) is 6.08 Å². The number of amides is 2. The first kappa shape index (κ1) is 16.4. The molecule has 0 bridgehead atoms. The Morgan fingerprint density at radius 3 is 2.32 bits per heavy atom. The number of nitrogens with one attached hydrogen (secondary N) is 1. The van der Waals surface area contributed by atoms with Gasteiger partial charge in [-0.2, -0.15) is 5.01 Å². The molecule has 1 aliphatic heterocycles. The second kappa shape index (κ2) is 7.00. The molecule has 0 aromatic heterocycles. The average molecular weight is 334 g/mol. The highest BCUT2D eigenvalue weighted by Crippen LogP contribution is 2.21. The largest absolute Gasteiger partial charge is 0.378 e. The Hall–Kier alpha value is -3.41. The first-order valence-corrected chi connectivity index (χ1v) is 7.77. The molecule has 126 valence electrons. The number of anilines is 1. The van der Waals surface area contributed by atoms with Gasteiger partial charge in [-0.3, -0.25) is 15.0 Å². The molecule has 0 radical (unpaired) electrons. The highest BCUT2D eigenvalue weighted by atomic mass is 16.2. The summed E-state index contributed by atoms with van der Waals surface area (Å²) in [5.74, 6) is 0.0245. The van der Waals surface area contributed by atoms with Crippen LogP contribution in [0.1, 0.15) is 11.1 Å². The lowest BCUT2D eigenvalue weighted by atomic mass is 10.1. The zero-order chi connectivity index (χ0) is 17.8. The van der Waals surface area contributed by atoms with Crippen LogP contribution < -0.4 is 10.3 Å². The van der Waals surface area contributed by atoms with Gasteiger partial charge in [0.2, 0.25) is 6.41 Å². The van der Waals surface area contributed by atoms with Crippen molar-refractivity contribution >= 4 is 29.9 Å². The van der Waals surface area contributed by atoms with Crippen LogP contribution in [0.15, 0.2) is 65.3 Å². The molecule has 6 heteroatoms. The first-order chi connectivity index (χ1) is 12.1. The van der Waals surface area contributed by atoms with Crippen LogP contribution in [0.5, 0.6) is 0 Å². The molecule has 0 saturated heterocycles. The maximum Gasteiger partial charge on any atom is 0.297 e. The van der Waals surface area contributed by atoms with Gasteiger partial charge in [-0.25, -0.2) is 4.99 Å². The number of hydrogen-bond acceptors (Lipinski definition) is 4. The molecule has 1 heterocycles. The standard InChI is InChI=1S/C19H18N4O2/c1-22(2)16-10-8-14(9-11-16)12-17-19(25)23(20-13-24)18(21-17)15-6-4-3-5-7-15/h3-13H,1-2H3,(H,20,24). The van der Waals surface area contributed by atoms with Crippen molar-refractivity contribution < 1.29 is 9.59 Å². The van der Waals surface area contributed by atoms with E-state index in [1.54, 1.807) is 6.08 Å². The number of nitrogens with zero attached hydrogens (tertiary/aromatic N) is 3. The predicted molar refractivity (Wildman–Crippen MR) is 97.8 cm³/mol. The molecule has 0 atom stereocenters. The number of amidine groups is 1. The third-order valence-electron chi connectivity index (χ3n) is 3.79. The second-order valence-corrected chi connectivity index (χ2v) is 5.70. The SMILES string of the molecule is CN(C)c1ccc(C=C2N=C(c3ccccc3)N(NC=O)C2=O)cc1. The summed E-state index contributed by atoms with van der Waals surface area (Å²) in [4.78, 5) is 29.9. The summed E-state index contributed by atoms with van der Waals surface area (Å²) in [5.41, 5.74) is 5.35. The third-order valence-corrected chi connectivity index (χ3v) is 3.79. The third kappa shape index (κ3) is 3.42. The van der Waals surface area contributed by atoms with Crippen molar-refractivity contribution in [2.24, 2.45) is 4.99 Å². The van der Waals surface area contributed by atoms with Crippen molar-refractivity contribution in [2.75, 3.05) is 19.0 Å². The fourth-order valence-corrected chi connectivity index (χ4v) is 2.50. The lowest BCUT2D eigenvalue weighted by Gasteiger charge is -2.15. The van der Waals surface area contributed by atoms with E-state index in [4.69, 9.17) is 0 Å². The van der Waals surface area contributed by atoms with Gasteiger partial charge in [0.25, 0.3) is 5.91 Å². The Balaban J connectivity index is 1.96. The molecule has 2 aromatic rings. The van der Waals surface area contributed by atoms with Crippen LogP contribution in [-0.2, 0) is 9.59 Å². The van der Waals surface area contributed by atoms with Crippen LogP contribution in [-0.4, -0.2) is 37.3 Å². The molecular weight excluding hydrogens is 316 g/mol. The lowest BCUT2D eigenvalue weighted by Crippen LogP contribution is -2.43. The molecule has 0 unspecified atom stereocenters. The number of benzene rings is 2. The van der Waals surface area contributed by atoms with Crippen molar-refractivity contribution in [2.45, 2.75) is 0 Å². The summed E-state index contributed by atoms with van der Waals surface area (Å²) >= 11 is 0. The number of hydrazine groups is 1. The molecule has 0 aliphatic carbocycles. The summed E-state index contributed by atoms with van der Waals surface area (Å²) in [6.45, 7) is 0. The number of aliphatic imine (C=N–C) groups is 1. The minimum absolute atomic E-state index is 0.269. The molecule has 2 amide bonds.